The second kappa shape index (κ2) is 5.67. The molecule has 0 radical (unpaired) electrons. The zero-order chi connectivity index (χ0) is 19.5. The predicted octanol–water partition coefficient (Wildman–Crippen LogP) is 1.62. The molecule has 4 rings (SSSR count). The number of aliphatic hydroxyl groups is 2. The Hall–Kier alpha value is -3.16. The number of carbonyl (C=O) groups excluding carboxylic acids is 2. The molecule has 2 aromatic rings. The zero-order valence-corrected chi connectivity index (χ0v) is 14.3. The number of aliphatic hydroxyl groups excluding tert-OH is 2. The smallest absolute Gasteiger partial charge is 0.232 e. The molecular weight excluding hydrogens is 352 g/mol. The Morgan fingerprint density at radius 1 is 1.00 bits per heavy atom. The van der Waals surface area contributed by atoms with Crippen molar-refractivity contribution < 1.29 is 34.8 Å². The summed E-state index contributed by atoms with van der Waals surface area (Å²) in [4.78, 5) is 26.1. The first kappa shape index (κ1) is 17.3. The lowest BCUT2D eigenvalue weighted by molar-refractivity contribution is -0.0332. The highest BCUT2D eigenvalue weighted by molar-refractivity contribution is 6.41. The topological polar surface area (TPSA) is 124 Å². The predicted molar refractivity (Wildman–Crippen MR) is 93.2 cm³/mol. The lowest BCUT2D eigenvalue weighted by atomic mass is 9.77. The first-order chi connectivity index (χ1) is 12.8. The molecule has 0 aromatic heterocycles. The molecule has 0 saturated heterocycles. The minimum Gasteiger partial charge on any atom is -0.508 e. The van der Waals surface area contributed by atoms with Gasteiger partial charge in [0.05, 0.1) is 24.4 Å². The van der Waals surface area contributed by atoms with E-state index in [4.69, 9.17) is 4.74 Å². The maximum atomic E-state index is 13.1. The van der Waals surface area contributed by atoms with Crippen molar-refractivity contribution in [1.82, 2.24) is 0 Å². The second-order valence-corrected chi connectivity index (χ2v) is 6.78. The highest BCUT2D eigenvalue weighted by Gasteiger charge is 2.46. The molecule has 0 fully saturated rings. The number of Topliss-reactive ketones (excluding diaryl/α,β-unsaturated/α-hetero) is 2. The van der Waals surface area contributed by atoms with Crippen LogP contribution in [0.1, 0.15) is 44.3 Å². The van der Waals surface area contributed by atoms with E-state index in [1.807, 2.05) is 0 Å². The number of ether oxygens (including phenoxy) is 1. The van der Waals surface area contributed by atoms with Crippen LogP contribution in [-0.4, -0.2) is 38.6 Å². The van der Waals surface area contributed by atoms with Crippen LogP contribution in [0.5, 0.6) is 11.5 Å². The molecule has 0 amide bonds. The maximum absolute atomic E-state index is 13.1. The lowest BCUT2D eigenvalue weighted by Crippen LogP contribution is -2.39. The third-order valence-electron chi connectivity index (χ3n) is 4.97. The van der Waals surface area contributed by atoms with Crippen molar-refractivity contribution in [3.63, 3.8) is 0 Å². The van der Waals surface area contributed by atoms with E-state index in [1.54, 1.807) is 25.1 Å². The minimum atomic E-state index is -1.28. The molecule has 1 atom stereocenters. The van der Waals surface area contributed by atoms with Gasteiger partial charge in [-0.3, -0.25) is 9.59 Å². The number of carbonyl (C=O) groups is 2. The monoisotopic (exact) mass is 368 g/mol. The van der Waals surface area contributed by atoms with E-state index in [2.05, 4.69) is 0 Å². The van der Waals surface area contributed by atoms with Gasteiger partial charge in [0.2, 0.25) is 5.78 Å². The molecule has 0 saturated carbocycles. The first-order valence-electron chi connectivity index (χ1n) is 8.25. The molecule has 7 nitrogen and oxygen atoms in total. The van der Waals surface area contributed by atoms with Crippen LogP contribution in [0.2, 0.25) is 0 Å². The fourth-order valence-electron chi connectivity index (χ4n) is 3.59. The Morgan fingerprint density at radius 2 is 1.74 bits per heavy atom. The molecule has 7 heteroatoms. The summed E-state index contributed by atoms with van der Waals surface area (Å²) in [7, 11) is 0. The third kappa shape index (κ3) is 2.29. The Morgan fingerprint density at radius 3 is 2.41 bits per heavy atom. The summed E-state index contributed by atoms with van der Waals surface area (Å²) < 4.78 is 5.77. The van der Waals surface area contributed by atoms with Gasteiger partial charge in [-0.15, -0.1) is 0 Å². The van der Waals surface area contributed by atoms with Gasteiger partial charge >= 0.3 is 0 Å². The summed E-state index contributed by atoms with van der Waals surface area (Å²) in [5.74, 6) is -2.46. The van der Waals surface area contributed by atoms with Crippen LogP contribution in [0.4, 0.5) is 0 Å². The van der Waals surface area contributed by atoms with Crippen LogP contribution in [0.15, 0.2) is 36.1 Å². The van der Waals surface area contributed by atoms with Gasteiger partial charge < -0.3 is 25.2 Å². The minimum absolute atomic E-state index is 0.0197. The first-order valence-corrected chi connectivity index (χ1v) is 8.25. The molecule has 1 aliphatic heterocycles. The largest absolute Gasteiger partial charge is 0.508 e. The van der Waals surface area contributed by atoms with Crippen LogP contribution in [0.3, 0.4) is 0 Å². The van der Waals surface area contributed by atoms with Crippen LogP contribution in [0, 0.1) is 0 Å². The fraction of sp³-hybridized carbons (Fsp3) is 0.200. The average molecular weight is 368 g/mol. The van der Waals surface area contributed by atoms with Crippen molar-refractivity contribution in [1.29, 1.82) is 0 Å². The van der Waals surface area contributed by atoms with Gasteiger partial charge in [-0.1, -0.05) is 12.1 Å². The van der Waals surface area contributed by atoms with Crippen molar-refractivity contribution in [2.45, 2.75) is 19.1 Å². The van der Waals surface area contributed by atoms with E-state index in [0.717, 1.165) is 12.1 Å². The third-order valence-corrected chi connectivity index (χ3v) is 4.97. The highest BCUT2D eigenvalue weighted by atomic mass is 16.5. The summed E-state index contributed by atoms with van der Waals surface area (Å²) in [6.45, 7) is 0.857. The molecule has 2 aliphatic rings. The van der Waals surface area contributed by atoms with E-state index < -0.39 is 29.5 Å². The fourth-order valence-corrected chi connectivity index (χ4v) is 3.59. The molecule has 138 valence electrons. The van der Waals surface area contributed by atoms with Crippen LogP contribution >= 0.6 is 0 Å². The van der Waals surface area contributed by atoms with Crippen molar-refractivity contribution in [2.75, 3.05) is 6.61 Å². The van der Waals surface area contributed by atoms with Crippen molar-refractivity contribution >= 4 is 17.1 Å². The van der Waals surface area contributed by atoms with Gasteiger partial charge in [0.15, 0.2) is 17.1 Å². The quantitative estimate of drug-likeness (QED) is 0.635. The summed E-state index contributed by atoms with van der Waals surface area (Å²) in [6, 6.07) is 6.94. The molecule has 2 aromatic carbocycles. The van der Waals surface area contributed by atoms with Gasteiger partial charge in [0.1, 0.15) is 11.5 Å². The number of ketones is 2. The van der Waals surface area contributed by atoms with Crippen LogP contribution in [-0.2, 0) is 16.9 Å². The summed E-state index contributed by atoms with van der Waals surface area (Å²) in [6.07, 6.45) is 0. The zero-order valence-electron chi connectivity index (χ0n) is 14.3. The van der Waals surface area contributed by atoms with Crippen molar-refractivity contribution in [3.8, 4) is 11.5 Å². The highest BCUT2D eigenvalue weighted by Crippen LogP contribution is 2.47. The van der Waals surface area contributed by atoms with E-state index >= 15 is 0 Å². The number of rotatable bonds is 2. The molecule has 4 N–H and O–H groups in total. The van der Waals surface area contributed by atoms with Crippen molar-refractivity contribution in [3.05, 3.63) is 63.9 Å². The lowest BCUT2D eigenvalue weighted by Gasteiger charge is -2.38. The number of hydrogen-bond donors (Lipinski definition) is 4. The summed E-state index contributed by atoms with van der Waals surface area (Å²) >= 11 is 0. The molecule has 1 aliphatic carbocycles. The Balaban J connectivity index is 2.05. The molecule has 27 heavy (non-hydrogen) atoms. The standard InChI is InChI=1S/C20H16O7/c1-20(8-22)13-3-2-9(7-21)4-11(13)16-17(25)12-5-10(23)6-14(24)15(12)18(26)19(16)27-20/h2-6,21-24H,7-8H2,1H3. The Labute approximate surface area is 153 Å². The van der Waals surface area contributed by atoms with Crippen molar-refractivity contribution in [2.24, 2.45) is 0 Å². The van der Waals surface area contributed by atoms with E-state index in [9.17, 15) is 30.0 Å². The Bertz CT molecular complexity index is 1050. The van der Waals surface area contributed by atoms with E-state index in [0.29, 0.717) is 16.7 Å². The number of aromatic hydroxyl groups is 2. The van der Waals surface area contributed by atoms with Crippen LogP contribution < -0.4 is 0 Å². The van der Waals surface area contributed by atoms with Gasteiger partial charge in [0.25, 0.3) is 0 Å². The van der Waals surface area contributed by atoms with Crippen LogP contribution in [0.25, 0.3) is 5.57 Å². The number of fused-ring (bicyclic) bond motifs is 3. The van der Waals surface area contributed by atoms with Gasteiger partial charge in [0, 0.05) is 17.2 Å². The average Bonchev–Trinajstić information content (AvgIpc) is 2.65. The molecule has 1 unspecified atom stereocenters. The molecular formula is C20H16O7. The number of phenolic OH excluding ortho intramolecular Hbond substituents is 2. The van der Waals surface area contributed by atoms with E-state index in [-0.39, 0.29) is 34.8 Å². The summed E-state index contributed by atoms with van der Waals surface area (Å²) in [5.41, 5.74) is -0.295. The number of phenols is 2. The molecule has 0 bridgehead atoms. The van der Waals surface area contributed by atoms with Gasteiger partial charge in [-0.25, -0.2) is 0 Å². The number of hydrogen-bond acceptors (Lipinski definition) is 7. The maximum Gasteiger partial charge on any atom is 0.232 e. The molecule has 1 heterocycles. The summed E-state index contributed by atoms with van der Waals surface area (Å²) in [5, 5.41) is 39.2. The van der Waals surface area contributed by atoms with E-state index in [1.165, 1.54) is 0 Å². The second-order valence-electron chi connectivity index (χ2n) is 6.78. The normalized spacial score (nSPS) is 20.7. The number of benzene rings is 2. The Kier molecular flexibility index (Phi) is 3.62. The van der Waals surface area contributed by atoms with Gasteiger partial charge in [-0.05, 0) is 30.2 Å². The molecule has 0 spiro atoms. The SMILES string of the molecule is CC1(CO)OC2=C(C(=O)c3cc(O)cc(O)c3C2=O)c2cc(CO)ccc21. The van der Waals surface area contributed by atoms with Gasteiger partial charge in [-0.2, -0.15) is 0 Å². The number of allylic oxidation sites excluding steroid dienone is 2.